The van der Waals surface area contributed by atoms with Gasteiger partial charge < -0.3 is 9.47 Å². The van der Waals surface area contributed by atoms with Crippen LogP contribution in [0.4, 0.5) is 67.6 Å². The number of nitro groups is 1. The topological polar surface area (TPSA) is 78.7 Å². The third-order valence-corrected chi connectivity index (χ3v) is 3.82. The lowest BCUT2D eigenvalue weighted by Crippen LogP contribution is -2.70. The van der Waals surface area contributed by atoms with Gasteiger partial charge in [0.2, 0.25) is 0 Å². The van der Waals surface area contributed by atoms with E-state index in [0.717, 1.165) is 12.1 Å². The van der Waals surface area contributed by atoms with Crippen LogP contribution in [-0.4, -0.2) is 53.5 Å². The average molecular weight is 529 g/mol. The minimum atomic E-state index is -8.09. The highest BCUT2D eigenvalue weighted by molar-refractivity contribution is 5.64. The number of carbonyl (C=O) groups is 1. The van der Waals surface area contributed by atoms with Gasteiger partial charge in [0.15, 0.2) is 6.61 Å². The Balaban J connectivity index is 3.13. The first-order valence-corrected chi connectivity index (χ1v) is 7.99. The number of nitro benzene ring substituents is 1. The van der Waals surface area contributed by atoms with Crippen LogP contribution in [0.2, 0.25) is 0 Å². The Morgan fingerprint density at radius 1 is 0.824 bits per heavy atom. The maximum absolute atomic E-state index is 13.5. The SMILES string of the molecule is Cc1cc(OC(=O)OCC(F)(F)C(F)(F)C(F)(F)C(F)(F)C(F)(F)C(F)(F)F)cc([N+](=O)[O-])c1. The number of non-ortho nitro benzene ring substituents is 1. The molecule has 0 aliphatic rings. The molecule has 0 aromatic heterocycles. The minimum Gasteiger partial charge on any atom is -0.427 e. The molecule has 0 fully saturated rings. The van der Waals surface area contributed by atoms with E-state index in [2.05, 4.69) is 9.47 Å². The van der Waals surface area contributed by atoms with Crippen molar-refractivity contribution in [2.75, 3.05) is 6.61 Å². The zero-order valence-corrected chi connectivity index (χ0v) is 15.8. The van der Waals surface area contributed by atoms with Crippen molar-refractivity contribution < 1.29 is 76.3 Å². The molecule has 0 aliphatic carbocycles. The van der Waals surface area contributed by atoms with Gasteiger partial charge in [0.1, 0.15) is 5.75 Å². The van der Waals surface area contributed by atoms with Gasteiger partial charge >= 0.3 is 41.9 Å². The lowest BCUT2D eigenvalue weighted by Gasteiger charge is -2.39. The standard InChI is InChI=1S/C15H8F13NO5/c1-6-2-7(29(31)32)4-8(3-6)34-9(30)33-5-10(16,17)11(18,19)12(20,21)13(22,23)14(24,25)15(26,27)28/h2-4H,5H2,1H3. The van der Waals surface area contributed by atoms with Gasteiger partial charge in [-0.25, -0.2) is 4.79 Å². The summed E-state index contributed by atoms with van der Waals surface area (Å²) in [6, 6.07) is 2.22. The van der Waals surface area contributed by atoms with Crippen LogP contribution in [0.1, 0.15) is 5.56 Å². The molecule has 1 aromatic rings. The first-order valence-electron chi connectivity index (χ1n) is 7.99. The molecule has 19 heteroatoms. The van der Waals surface area contributed by atoms with Crippen LogP contribution in [0.25, 0.3) is 0 Å². The average Bonchev–Trinajstić information content (AvgIpc) is 2.64. The van der Waals surface area contributed by atoms with Gasteiger partial charge in [0, 0.05) is 6.07 Å². The molecule has 0 atom stereocenters. The van der Waals surface area contributed by atoms with Gasteiger partial charge in [-0.3, -0.25) is 10.1 Å². The zero-order valence-electron chi connectivity index (χ0n) is 15.8. The third-order valence-electron chi connectivity index (χ3n) is 3.82. The number of rotatable bonds is 8. The van der Waals surface area contributed by atoms with Crippen LogP contribution in [0, 0.1) is 17.0 Å². The Bertz CT molecular complexity index is 945. The molecule has 1 aromatic carbocycles. The van der Waals surface area contributed by atoms with Crippen LogP contribution in [0.15, 0.2) is 18.2 Å². The molecule has 0 radical (unpaired) electrons. The Morgan fingerprint density at radius 2 is 1.29 bits per heavy atom. The molecule has 0 saturated heterocycles. The van der Waals surface area contributed by atoms with E-state index in [9.17, 15) is 72.0 Å². The molecule has 6 nitrogen and oxygen atoms in total. The Kier molecular flexibility index (Phi) is 7.37. The molecule has 34 heavy (non-hydrogen) atoms. The van der Waals surface area contributed by atoms with E-state index in [0.29, 0.717) is 6.07 Å². The maximum Gasteiger partial charge on any atom is 0.514 e. The molecule has 0 amide bonds. The van der Waals surface area contributed by atoms with Crippen molar-refractivity contribution in [3.05, 3.63) is 33.9 Å². The molecule has 0 bridgehead atoms. The maximum atomic E-state index is 13.5. The molecule has 0 unspecified atom stereocenters. The van der Waals surface area contributed by atoms with Crippen molar-refractivity contribution >= 4 is 11.8 Å². The van der Waals surface area contributed by atoms with E-state index >= 15 is 0 Å². The van der Waals surface area contributed by atoms with E-state index in [1.54, 1.807) is 0 Å². The van der Waals surface area contributed by atoms with Crippen molar-refractivity contribution in [3.63, 3.8) is 0 Å². The smallest absolute Gasteiger partial charge is 0.427 e. The van der Waals surface area contributed by atoms with Gasteiger partial charge in [0.05, 0.1) is 11.0 Å². The lowest BCUT2D eigenvalue weighted by molar-refractivity contribution is -0.441. The molecule has 194 valence electrons. The van der Waals surface area contributed by atoms with Crippen molar-refractivity contribution in [1.82, 2.24) is 0 Å². The van der Waals surface area contributed by atoms with Gasteiger partial charge in [-0.1, -0.05) is 0 Å². The van der Waals surface area contributed by atoms with Gasteiger partial charge in [-0.15, -0.1) is 0 Å². The van der Waals surface area contributed by atoms with Crippen LogP contribution >= 0.6 is 0 Å². The van der Waals surface area contributed by atoms with Crippen molar-refractivity contribution in [2.45, 2.75) is 42.7 Å². The van der Waals surface area contributed by atoms with E-state index in [-0.39, 0.29) is 5.56 Å². The second-order valence-electron chi connectivity index (χ2n) is 6.40. The lowest BCUT2D eigenvalue weighted by atomic mass is 9.94. The van der Waals surface area contributed by atoms with Crippen molar-refractivity contribution in [2.24, 2.45) is 0 Å². The predicted octanol–water partition coefficient (Wildman–Crippen LogP) is 6.16. The Labute approximate surface area is 178 Å². The molecule has 0 spiro atoms. The number of hydrogen-bond donors (Lipinski definition) is 0. The van der Waals surface area contributed by atoms with Crippen LogP contribution in [0.3, 0.4) is 0 Å². The summed E-state index contributed by atoms with van der Waals surface area (Å²) in [5, 5.41) is 10.7. The fraction of sp³-hybridized carbons (Fsp3) is 0.533. The number of halogens is 13. The highest BCUT2D eigenvalue weighted by Crippen LogP contribution is 2.60. The molecule has 1 rings (SSSR count). The van der Waals surface area contributed by atoms with E-state index in [1.807, 2.05) is 0 Å². The summed E-state index contributed by atoms with van der Waals surface area (Å²) in [5.74, 6) is -39.1. The molecular weight excluding hydrogens is 521 g/mol. The number of hydrogen-bond acceptors (Lipinski definition) is 5. The minimum absolute atomic E-state index is 0.0151. The van der Waals surface area contributed by atoms with E-state index < -0.39 is 64.9 Å². The monoisotopic (exact) mass is 529 g/mol. The second kappa shape index (κ2) is 8.64. The second-order valence-corrected chi connectivity index (χ2v) is 6.40. The van der Waals surface area contributed by atoms with Crippen LogP contribution in [0.5, 0.6) is 5.75 Å². The third kappa shape index (κ3) is 4.91. The highest BCUT2D eigenvalue weighted by Gasteiger charge is 2.90. The first kappa shape index (κ1) is 29.0. The number of benzene rings is 1. The summed E-state index contributed by atoms with van der Waals surface area (Å²) in [6.45, 7) is -2.07. The van der Waals surface area contributed by atoms with Crippen LogP contribution < -0.4 is 4.74 Å². The number of alkyl halides is 13. The molecule has 0 aliphatic heterocycles. The zero-order chi connectivity index (χ0) is 27.1. The number of aryl methyl sites for hydroxylation is 1. The molecular formula is C15H8F13NO5. The Morgan fingerprint density at radius 3 is 1.74 bits per heavy atom. The fourth-order valence-corrected chi connectivity index (χ4v) is 2.06. The van der Waals surface area contributed by atoms with Crippen LogP contribution in [-0.2, 0) is 4.74 Å². The van der Waals surface area contributed by atoms with Gasteiger partial charge in [0.25, 0.3) is 5.69 Å². The number of ether oxygens (including phenoxy) is 2. The predicted molar refractivity (Wildman–Crippen MR) is 80.6 cm³/mol. The normalized spacial score (nSPS) is 14.1. The summed E-state index contributed by atoms with van der Waals surface area (Å²) in [5.41, 5.74) is -0.728. The van der Waals surface area contributed by atoms with Crippen molar-refractivity contribution in [1.29, 1.82) is 0 Å². The summed E-state index contributed by atoms with van der Waals surface area (Å²) >= 11 is 0. The quantitative estimate of drug-likeness (QED) is 0.133. The highest BCUT2D eigenvalue weighted by atomic mass is 19.4. The van der Waals surface area contributed by atoms with Gasteiger partial charge in [-0.2, -0.15) is 57.1 Å². The van der Waals surface area contributed by atoms with E-state index in [1.165, 1.54) is 6.92 Å². The van der Waals surface area contributed by atoms with E-state index in [4.69, 9.17) is 0 Å². The summed E-state index contributed by atoms with van der Waals surface area (Å²) in [6.07, 6.45) is -9.99. The molecule has 0 saturated carbocycles. The summed E-state index contributed by atoms with van der Waals surface area (Å²) in [7, 11) is 0. The number of nitrogens with zero attached hydrogens (tertiary/aromatic N) is 1. The Hall–Kier alpha value is -3.02. The fourth-order valence-electron chi connectivity index (χ4n) is 2.06. The largest absolute Gasteiger partial charge is 0.514 e. The molecule has 0 N–H and O–H groups in total. The van der Waals surface area contributed by atoms with Crippen molar-refractivity contribution in [3.8, 4) is 5.75 Å². The molecule has 0 heterocycles. The summed E-state index contributed by atoms with van der Waals surface area (Å²) < 4.78 is 176. The van der Waals surface area contributed by atoms with Gasteiger partial charge in [-0.05, 0) is 18.6 Å². The first-order chi connectivity index (χ1) is 14.9. The number of carbonyl (C=O) groups excluding carboxylic acids is 1. The summed E-state index contributed by atoms with van der Waals surface area (Å²) in [4.78, 5) is 21.0.